The van der Waals surface area contributed by atoms with E-state index in [2.05, 4.69) is 73.5 Å². The van der Waals surface area contributed by atoms with Crippen LogP contribution < -0.4 is 10.6 Å². The number of aromatic nitrogens is 5. The second-order valence-electron chi connectivity index (χ2n) is 8.45. The van der Waals surface area contributed by atoms with Gasteiger partial charge in [0.2, 0.25) is 0 Å². The van der Waals surface area contributed by atoms with Crippen molar-refractivity contribution in [2.45, 2.75) is 32.4 Å². The maximum absolute atomic E-state index is 5.83. The molecule has 4 heterocycles. The zero-order valence-corrected chi connectivity index (χ0v) is 20.1. The molecule has 9 heteroatoms. The normalized spacial score (nSPS) is 17.7. The highest BCUT2D eigenvalue weighted by Crippen LogP contribution is 2.40. The van der Waals surface area contributed by atoms with Crippen molar-refractivity contribution >= 4 is 23.0 Å². The molecule has 1 saturated heterocycles. The van der Waals surface area contributed by atoms with Crippen molar-refractivity contribution in [2.75, 3.05) is 18.4 Å². The third kappa shape index (κ3) is 4.26. The minimum absolute atomic E-state index is 0.0237. The quantitative estimate of drug-likeness (QED) is 0.298. The Labute approximate surface area is 204 Å². The van der Waals surface area contributed by atoms with Gasteiger partial charge >= 0.3 is 0 Å². The van der Waals surface area contributed by atoms with Crippen molar-refractivity contribution in [3.05, 3.63) is 96.1 Å². The van der Waals surface area contributed by atoms with Crippen molar-refractivity contribution in [3.8, 4) is 0 Å². The van der Waals surface area contributed by atoms with Crippen molar-refractivity contribution in [2.24, 2.45) is 0 Å². The summed E-state index contributed by atoms with van der Waals surface area (Å²) in [5.74, 6) is 0. The molecule has 3 aromatic heterocycles. The average molecular weight is 473 g/mol. The summed E-state index contributed by atoms with van der Waals surface area (Å²) in [6.07, 6.45) is 6.21. The highest BCUT2D eigenvalue weighted by Gasteiger charge is 2.41. The summed E-state index contributed by atoms with van der Waals surface area (Å²) < 4.78 is 4.03. The fourth-order valence-electron chi connectivity index (χ4n) is 4.75. The zero-order chi connectivity index (χ0) is 23.5. The van der Waals surface area contributed by atoms with Crippen LogP contribution in [0, 0.1) is 13.8 Å². The number of anilines is 1. The third-order valence-corrected chi connectivity index (χ3v) is 6.62. The second kappa shape index (κ2) is 9.64. The Morgan fingerprint density at radius 2 is 1.79 bits per heavy atom. The summed E-state index contributed by atoms with van der Waals surface area (Å²) in [5, 5.41) is 15.8. The highest BCUT2D eigenvalue weighted by atomic mass is 32.1. The molecule has 2 atom stereocenters. The summed E-state index contributed by atoms with van der Waals surface area (Å²) in [4.78, 5) is 6.96. The van der Waals surface area contributed by atoms with Crippen LogP contribution in [0.5, 0.6) is 0 Å². The molecular formula is C25H28N8S. The van der Waals surface area contributed by atoms with Gasteiger partial charge in [-0.15, -0.1) is 10.2 Å². The Kier molecular flexibility index (Phi) is 6.27. The van der Waals surface area contributed by atoms with Crippen molar-refractivity contribution < 1.29 is 0 Å². The summed E-state index contributed by atoms with van der Waals surface area (Å²) in [5.41, 5.74) is 5.56. The van der Waals surface area contributed by atoms with Crippen LogP contribution in [0.1, 0.15) is 41.1 Å². The minimum atomic E-state index is -0.0364. The van der Waals surface area contributed by atoms with Crippen LogP contribution in [0.15, 0.2) is 73.4 Å². The van der Waals surface area contributed by atoms with E-state index in [9.17, 15) is 0 Å². The van der Waals surface area contributed by atoms with Crippen LogP contribution in [0.4, 0.5) is 5.69 Å². The van der Waals surface area contributed by atoms with Gasteiger partial charge in [0.25, 0.3) is 0 Å². The lowest BCUT2D eigenvalue weighted by molar-refractivity contribution is 0.314. The smallest absolute Gasteiger partial charge is 0.170 e. The van der Waals surface area contributed by atoms with E-state index < -0.39 is 0 Å². The van der Waals surface area contributed by atoms with Gasteiger partial charge in [-0.3, -0.25) is 9.66 Å². The lowest BCUT2D eigenvalue weighted by atomic mass is 9.96. The molecule has 174 valence electrons. The molecule has 5 rings (SSSR count). The first-order valence-electron chi connectivity index (χ1n) is 11.4. The van der Waals surface area contributed by atoms with Crippen LogP contribution >= 0.6 is 12.2 Å². The van der Waals surface area contributed by atoms with E-state index in [1.54, 1.807) is 12.7 Å². The molecule has 0 radical (unpaired) electrons. The SMILES string of the molecule is Cc1cc(C2C(c3ccccn3)NC(=S)N2CCCNc2ccccc2)c(C)n1-n1cnnc1. The van der Waals surface area contributed by atoms with E-state index in [1.807, 2.05) is 41.2 Å². The van der Waals surface area contributed by atoms with Gasteiger partial charge in [0.05, 0.1) is 17.8 Å². The van der Waals surface area contributed by atoms with Gasteiger partial charge in [0, 0.05) is 41.9 Å². The fraction of sp³-hybridized carbons (Fsp3) is 0.280. The lowest BCUT2D eigenvalue weighted by Crippen LogP contribution is -2.31. The molecule has 0 amide bonds. The van der Waals surface area contributed by atoms with E-state index in [1.165, 1.54) is 5.56 Å². The second-order valence-corrected chi connectivity index (χ2v) is 8.83. The number of thiocarbonyl (C=S) groups is 1. The number of nitrogens with zero attached hydrogens (tertiary/aromatic N) is 6. The van der Waals surface area contributed by atoms with Crippen LogP contribution in [-0.4, -0.2) is 47.6 Å². The first-order chi connectivity index (χ1) is 16.6. The van der Waals surface area contributed by atoms with Crippen molar-refractivity contribution in [1.29, 1.82) is 0 Å². The number of para-hydroxylation sites is 1. The molecule has 2 N–H and O–H groups in total. The maximum Gasteiger partial charge on any atom is 0.170 e. The molecule has 4 aromatic rings. The zero-order valence-electron chi connectivity index (χ0n) is 19.3. The Balaban J connectivity index is 1.43. The molecule has 1 fully saturated rings. The van der Waals surface area contributed by atoms with Crippen molar-refractivity contribution in [1.82, 2.24) is 34.8 Å². The van der Waals surface area contributed by atoms with E-state index in [0.717, 1.165) is 47.4 Å². The molecule has 0 bridgehead atoms. The van der Waals surface area contributed by atoms with Crippen LogP contribution in [0.25, 0.3) is 0 Å². The standard InChI is InChI=1S/C25H28N8S/c1-18-15-21(19(2)33(18)31-16-28-29-17-31)24-23(22-11-6-7-12-27-22)30-25(34)32(24)14-8-13-26-20-9-4-3-5-10-20/h3-7,9-12,15-17,23-24,26H,8,13-14H2,1-2H3,(H,30,34). The van der Waals surface area contributed by atoms with Gasteiger partial charge in [0.1, 0.15) is 12.7 Å². The molecule has 1 aromatic carbocycles. The first-order valence-corrected chi connectivity index (χ1v) is 11.9. The van der Waals surface area contributed by atoms with E-state index in [-0.39, 0.29) is 12.1 Å². The molecule has 1 aliphatic heterocycles. The Morgan fingerprint density at radius 1 is 1.03 bits per heavy atom. The van der Waals surface area contributed by atoms with Gasteiger partial charge in [-0.25, -0.2) is 4.68 Å². The van der Waals surface area contributed by atoms with Gasteiger partial charge in [-0.2, -0.15) is 0 Å². The van der Waals surface area contributed by atoms with Crippen LogP contribution in [0.2, 0.25) is 0 Å². The van der Waals surface area contributed by atoms with E-state index in [4.69, 9.17) is 12.2 Å². The van der Waals surface area contributed by atoms with Crippen molar-refractivity contribution in [3.63, 3.8) is 0 Å². The molecule has 0 aliphatic carbocycles. The number of benzene rings is 1. The Bertz CT molecular complexity index is 1240. The van der Waals surface area contributed by atoms with Gasteiger partial charge in [0.15, 0.2) is 5.11 Å². The molecule has 1 aliphatic rings. The first kappa shape index (κ1) is 22.1. The van der Waals surface area contributed by atoms with Crippen LogP contribution in [0.3, 0.4) is 0 Å². The maximum atomic E-state index is 5.83. The number of nitrogens with one attached hydrogen (secondary N) is 2. The summed E-state index contributed by atoms with van der Waals surface area (Å²) in [7, 11) is 0. The Hall–Kier alpha value is -3.72. The molecule has 34 heavy (non-hydrogen) atoms. The third-order valence-electron chi connectivity index (χ3n) is 6.27. The fourth-order valence-corrected chi connectivity index (χ4v) is 5.09. The molecule has 0 saturated carbocycles. The summed E-state index contributed by atoms with van der Waals surface area (Å²) in [6, 6.07) is 18.5. The van der Waals surface area contributed by atoms with Crippen LogP contribution in [-0.2, 0) is 0 Å². The van der Waals surface area contributed by atoms with Gasteiger partial charge in [-0.05, 0) is 62.8 Å². The molecule has 2 unspecified atom stereocenters. The number of aryl methyl sites for hydroxylation is 1. The molecular weight excluding hydrogens is 444 g/mol. The predicted octanol–water partition coefficient (Wildman–Crippen LogP) is 3.88. The topological polar surface area (TPSA) is 75.8 Å². The summed E-state index contributed by atoms with van der Waals surface area (Å²) >= 11 is 5.83. The Morgan fingerprint density at radius 3 is 2.53 bits per heavy atom. The number of hydrogen-bond acceptors (Lipinski definition) is 5. The van der Waals surface area contributed by atoms with Gasteiger partial charge in [-0.1, -0.05) is 24.3 Å². The molecule has 8 nitrogen and oxygen atoms in total. The number of hydrogen-bond donors (Lipinski definition) is 2. The minimum Gasteiger partial charge on any atom is -0.385 e. The summed E-state index contributed by atoms with van der Waals surface area (Å²) in [6.45, 7) is 5.93. The van der Waals surface area contributed by atoms with Gasteiger partial charge < -0.3 is 15.5 Å². The lowest BCUT2D eigenvalue weighted by Gasteiger charge is -2.28. The van der Waals surface area contributed by atoms with E-state index >= 15 is 0 Å². The average Bonchev–Trinajstić information content (AvgIpc) is 3.56. The number of pyridine rings is 1. The monoisotopic (exact) mass is 472 g/mol. The van der Waals surface area contributed by atoms with E-state index in [0.29, 0.717) is 0 Å². The largest absolute Gasteiger partial charge is 0.385 e. The number of rotatable bonds is 8. The predicted molar refractivity (Wildman–Crippen MR) is 136 cm³/mol. The molecule has 0 spiro atoms. The highest BCUT2D eigenvalue weighted by molar-refractivity contribution is 7.80.